The van der Waals surface area contributed by atoms with E-state index in [-0.39, 0.29) is 24.3 Å². The minimum Gasteiger partial charge on any atom is -0.497 e. The Bertz CT molecular complexity index is 1220. The summed E-state index contributed by atoms with van der Waals surface area (Å²) in [5.74, 6) is -2.21. The molecule has 0 radical (unpaired) electrons. The van der Waals surface area contributed by atoms with Crippen molar-refractivity contribution < 1.29 is 28.1 Å². The van der Waals surface area contributed by atoms with Crippen molar-refractivity contribution in [1.82, 2.24) is 9.88 Å². The molecule has 2 aromatic carbocycles. The zero-order valence-corrected chi connectivity index (χ0v) is 21.5. The van der Waals surface area contributed by atoms with E-state index < -0.39 is 23.6 Å². The van der Waals surface area contributed by atoms with Crippen LogP contribution in [0.15, 0.2) is 36.5 Å². The molecule has 0 amide bonds. The Morgan fingerprint density at radius 1 is 1.16 bits per heavy atom. The maximum absolute atomic E-state index is 13.8. The first kappa shape index (κ1) is 28.1. The highest BCUT2D eigenvalue weighted by molar-refractivity contribution is 5.85. The molecule has 0 spiro atoms. The van der Waals surface area contributed by atoms with Crippen LogP contribution in [-0.2, 0) is 6.54 Å². The van der Waals surface area contributed by atoms with Crippen LogP contribution in [0.1, 0.15) is 42.9 Å². The molecule has 206 valence electrons. The lowest BCUT2D eigenvalue weighted by atomic mass is 9.74. The molecule has 3 aromatic rings. The molecular weight excluding hydrogens is 497 g/mol. The number of hydrogen-bond donors (Lipinski definition) is 4. The predicted molar refractivity (Wildman–Crippen MR) is 140 cm³/mol. The smallest absolute Gasteiger partial charge is 0.152 e. The summed E-state index contributed by atoms with van der Waals surface area (Å²) >= 11 is 0. The number of pyridine rings is 1. The number of hydrogen-bond acceptors (Lipinski definition) is 7. The summed E-state index contributed by atoms with van der Waals surface area (Å²) < 4.78 is 46.2. The van der Waals surface area contributed by atoms with Gasteiger partial charge in [0.25, 0.3) is 0 Å². The molecule has 4 rings (SSSR count). The van der Waals surface area contributed by atoms with Crippen LogP contribution in [0.3, 0.4) is 0 Å². The van der Waals surface area contributed by atoms with Gasteiger partial charge in [-0.05, 0) is 73.5 Å². The van der Waals surface area contributed by atoms with E-state index in [1.54, 1.807) is 13.3 Å². The van der Waals surface area contributed by atoms with E-state index in [4.69, 9.17) is 10.5 Å². The second kappa shape index (κ2) is 12.3. The average molecular weight is 533 g/mol. The fourth-order valence-electron chi connectivity index (χ4n) is 5.29. The summed E-state index contributed by atoms with van der Waals surface area (Å²) in [5, 5.41) is 25.1. The maximum Gasteiger partial charge on any atom is 0.152 e. The molecule has 10 heteroatoms. The Balaban J connectivity index is 1.35. The molecule has 1 aromatic heterocycles. The Morgan fingerprint density at radius 3 is 2.50 bits per heavy atom. The summed E-state index contributed by atoms with van der Waals surface area (Å²) in [6, 6.07) is 6.84. The third-order valence-corrected chi connectivity index (χ3v) is 7.69. The Hall–Kier alpha value is -2.92. The quantitative estimate of drug-likeness (QED) is 0.295. The molecule has 1 fully saturated rings. The number of halogens is 3. The fraction of sp³-hybridized carbons (Fsp3) is 0.464. The second-order valence-corrected chi connectivity index (χ2v) is 10.0. The molecule has 7 nitrogen and oxygen atoms in total. The van der Waals surface area contributed by atoms with E-state index >= 15 is 0 Å². The first-order chi connectivity index (χ1) is 18.3. The van der Waals surface area contributed by atoms with Crippen LogP contribution in [0, 0.1) is 22.9 Å². The second-order valence-electron chi connectivity index (χ2n) is 10.0. The number of aliphatic hydroxyl groups is 2. The molecule has 0 aliphatic carbocycles. The first-order valence-corrected chi connectivity index (χ1v) is 12.8. The van der Waals surface area contributed by atoms with Gasteiger partial charge in [-0.2, -0.15) is 0 Å². The number of aromatic nitrogens is 1. The van der Waals surface area contributed by atoms with E-state index in [0.29, 0.717) is 56.9 Å². The lowest BCUT2D eigenvalue weighted by Crippen LogP contribution is -2.43. The van der Waals surface area contributed by atoms with Gasteiger partial charge in [-0.25, -0.2) is 13.2 Å². The van der Waals surface area contributed by atoms with E-state index in [1.807, 2.05) is 18.2 Å². The minimum atomic E-state index is -0.961. The number of rotatable bonds is 11. The number of methoxy groups -OCH3 is 1. The summed E-state index contributed by atoms with van der Waals surface area (Å²) in [6.07, 6.45) is 3.45. The molecule has 1 aliphatic heterocycles. The molecule has 1 atom stereocenters. The molecule has 0 unspecified atom stereocenters. The van der Waals surface area contributed by atoms with Gasteiger partial charge in [0.15, 0.2) is 11.6 Å². The van der Waals surface area contributed by atoms with Crippen molar-refractivity contribution in [1.29, 1.82) is 0 Å². The largest absolute Gasteiger partial charge is 0.497 e. The van der Waals surface area contributed by atoms with Gasteiger partial charge in [0.1, 0.15) is 17.3 Å². The Morgan fingerprint density at radius 2 is 1.87 bits per heavy atom. The normalized spacial score (nSPS) is 16.5. The van der Waals surface area contributed by atoms with Gasteiger partial charge in [0.2, 0.25) is 0 Å². The minimum absolute atomic E-state index is 0.00642. The highest BCUT2D eigenvalue weighted by Gasteiger charge is 2.34. The molecule has 5 N–H and O–H groups in total. The molecule has 0 saturated carbocycles. The first-order valence-electron chi connectivity index (χ1n) is 12.8. The zero-order chi connectivity index (χ0) is 27.3. The van der Waals surface area contributed by atoms with E-state index in [9.17, 15) is 23.4 Å². The number of fused-ring (bicyclic) bond motifs is 1. The van der Waals surface area contributed by atoms with Crippen LogP contribution >= 0.6 is 0 Å². The van der Waals surface area contributed by atoms with Gasteiger partial charge in [0.05, 0.1) is 18.7 Å². The summed E-state index contributed by atoms with van der Waals surface area (Å²) in [4.78, 5) is 6.62. The van der Waals surface area contributed by atoms with Crippen LogP contribution in [-0.4, -0.2) is 60.0 Å². The number of benzene rings is 2. The molecule has 1 saturated heterocycles. The third kappa shape index (κ3) is 6.20. The van der Waals surface area contributed by atoms with Crippen LogP contribution in [0.2, 0.25) is 0 Å². The highest BCUT2D eigenvalue weighted by atomic mass is 19.1. The van der Waals surface area contributed by atoms with Crippen molar-refractivity contribution >= 4 is 16.6 Å². The average Bonchev–Trinajstić information content (AvgIpc) is 2.92. The van der Waals surface area contributed by atoms with Crippen molar-refractivity contribution in [2.24, 2.45) is 11.1 Å². The van der Waals surface area contributed by atoms with E-state index in [0.717, 1.165) is 34.9 Å². The lowest BCUT2D eigenvalue weighted by molar-refractivity contribution is 0.0247. The molecule has 2 heterocycles. The maximum atomic E-state index is 13.8. The molecular formula is C28H35F3N4O3. The molecule has 0 bridgehead atoms. The third-order valence-electron chi connectivity index (χ3n) is 7.69. The predicted octanol–water partition coefficient (Wildman–Crippen LogP) is 4.12. The number of piperidine rings is 1. The van der Waals surface area contributed by atoms with Gasteiger partial charge < -0.3 is 30.9 Å². The zero-order valence-electron chi connectivity index (χ0n) is 21.5. The monoisotopic (exact) mass is 532 g/mol. The van der Waals surface area contributed by atoms with Crippen molar-refractivity contribution in [2.45, 2.75) is 38.3 Å². The van der Waals surface area contributed by atoms with Crippen molar-refractivity contribution in [3.8, 4) is 5.75 Å². The number of anilines is 1. The van der Waals surface area contributed by atoms with E-state index in [1.165, 1.54) is 0 Å². The van der Waals surface area contributed by atoms with Crippen LogP contribution in [0.4, 0.5) is 18.9 Å². The SMILES string of the molecule is COc1ccc2ncc(CN)c([C@@H](O)CCC3(CO)CCN(CCNc4c(F)cc(F)cc4F)CC3)c2c1. The van der Waals surface area contributed by atoms with Gasteiger partial charge >= 0.3 is 0 Å². The van der Waals surface area contributed by atoms with Gasteiger partial charge in [0, 0.05) is 50.0 Å². The summed E-state index contributed by atoms with van der Waals surface area (Å²) in [6.45, 7) is 2.50. The van der Waals surface area contributed by atoms with Crippen LogP contribution in [0.25, 0.3) is 10.9 Å². The number of ether oxygens (including phenoxy) is 1. The van der Waals surface area contributed by atoms with Crippen LogP contribution in [0.5, 0.6) is 5.75 Å². The molecule has 1 aliphatic rings. The number of aliphatic hydroxyl groups excluding tert-OH is 2. The number of nitrogens with zero attached hydrogens (tertiary/aromatic N) is 2. The van der Waals surface area contributed by atoms with Crippen LogP contribution < -0.4 is 15.8 Å². The Kier molecular flexibility index (Phi) is 9.09. The molecule has 38 heavy (non-hydrogen) atoms. The number of nitrogens with two attached hydrogens (primary N) is 1. The standard InChI is InChI=1S/C28H35F3N4O3/c1-38-20-2-3-24-21(14-20)26(18(15-32)16-34-24)25(37)4-5-28(17-36)6-9-35(10-7-28)11-8-33-27-22(30)12-19(29)13-23(27)31/h2-3,12-14,16,25,33,36-37H,4-11,15,17,32H2,1H3/t25-/m0/s1. The van der Waals surface area contributed by atoms with E-state index in [2.05, 4.69) is 15.2 Å². The Labute approximate surface area is 220 Å². The highest BCUT2D eigenvalue weighted by Crippen LogP contribution is 2.39. The van der Waals surface area contributed by atoms with Crippen molar-refractivity contribution in [3.63, 3.8) is 0 Å². The number of nitrogens with one attached hydrogen (secondary N) is 1. The fourth-order valence-corrected chi connectivity index (χ4v) is 5.29. The summed E-state index contributed by atoms with van der Waals surface area (Å²) in [5.41, 5.74) is 7.56. The lowest BCUT2D eigenvalue weighted by Gasteiger charge is -2.41. The van der Waals surface area contributed by atoms with Gasteiger partial charge in [-0.1, -0.05) is 0 Å². The topological polar surface area (TPSA) is 104 Å². The van der Waals surface area contributed by atoms with Gasteiger partial charge in [-0.3, -0.25) is 4.98 Å². The van der Waals surface area contributed by atoms with Crippen molar-refractivity contribution in [2.75, 3.05) is 45.2 Å². The van der Waals surface area contributed by atoms with Crippen molar-refractivity contribution in [3.05, 3.63) is 65.1 Å². The number of likely N-dealkylation sites (tertiary alicyclic amines) is 1. The van der Waals surface area contributed by atoms with Gasteiger partial charge in [-0.15, -0.1) is 0 Å². The summed E-state index contributed by atoms with van der Waals surface area (Å²) in [7, 11) is 1.59.